The molecule has 3 fully saturated rings. The van der Waals surface area contributed by atoms with Crippen molar-refractivity contribution in [2.24, 2.45) is 0 Å². The molecule has 0 radical (unpaired) electrons. The van der Waals surface area contributed by atoms with E-state index in [1.165, 1.54) is 25.8 Å². The van der Waals surface area contributed by atoms with Gasteiger partial charge in [0.15, 0.2) is 0 Å². The molecule has 2 heterocycles. The third kappa shape index (κ3) is 2.95. The standard InChI is InChI=1S/C15H27N3O/c1-2-8-16-14-4-3-9-18(15(14)19)13-7-10-17(11-13)12-5-6-12/h12-14,16H,2-11H2,1H3. The number of carbonyl (C=O) groups excluding carboxylic acids is 1. The van der Waals surface area contributed by atoms with Crippen molar-refractivity contribution in [2.75, 3.05) is 26.2 Å². The number of hydrogen-bond acceptors (Lipinski definition) is 3. The maximum atomic E-state index is 12.6. The van der Waals surface area contributed by atoms with E-state index in [4.69, 9.17) is 0 Å². The number of nitrogens with one attached hydrogen (secondary N) is 1. The van der Waals surface area contributed by atoms with E-state index in [1.807, 2.05) is 0 Å². The molecule has 0 aromatic heterocycles. The van der Waals surface area contributed by atoms with Gasteiger partial charge in [0.05, 0.1) is 6.04 Å². The highest BCUT2D eigenvalue weighted by atomic mass is 16.2. The van der Waals surface area contributed by atoms with Crippen LogP contribution in [0.2, 0.25) is 0 Å². The lowest BCUT2D eigenvalue weighted by Gasteiger charge is -2.37. The smallest absolute Gasteiger partial charge is 0.240 e. The summed E-state index contributed by atoms with van der Waals surface area (Å²) in [6.45, 7) is 6.42. The normalized spacial score (nSPS) is 33.1. The van der Waals surface area contributed by atoms with Crippen LogP contribution in [0.15, 0.2) is 0 Å². The maximum absolute atomic E-state index is 12.6. The molecule has 4 nitrogen and oxygen atoms in total. The lowest BCUT2D eigenvalue weighted by molar-refractivity contribution is -0.138. The fourth-order valence-corrected chi connectivity index (χ4v) is 3.56. The molecule has 2 saturated heterocycles. The van der Waals surface area contributed by atoms with Crippen LogP contribution in [0.4, 0.5) is 0 Å². The molecule has 3 aliphatic rings. The minimum absolute atomic E-state index is 0.0867. The number of piperidine rings is 1. The predicted molar refractivity (Wildman–Crippen MR) is 76.0 cm³/mol. The quantitative estimate of drug-likeness (QED) is 0.812. The van der Waals surface area contributed by atoms with Crippen molar-refractivity contribution in [1.82, 2.24) is 15.1 Å². The molecule has 1 N–H and O–H groups in total. The highest BCUT2D eigenvalue weighted by Crippen LogP contribution is 2.31. The van der Waals surface area contributed by atoms with Crippen LogP contribution >= 0.6 is 0 Å². The minimum atomic E-state index is 0.0867. The molecule has 0 aromatic rings. The van der Waals surface area contributed by atoms with E-state index in [-0.39, 0.29) is 6.04 Å². The Morgan fingerprint density at radius 1 is 1.16 bits per heavy atom. The molecular weight excluding hydrogens is 238 g/mol. The van der Waals surface area contributed by atoms with Crippen molar-refractivity contribution >= 4 is 5.91 Å². The Balaban J connectivity index is 1.55. The molecule has 108 valence electrons. The zero-order valence-corrected chi connectivity index (χ0v) is 12.1. The lowest BCUT2D eigenvalue weighted by atomic mass is 10.0. The molecule has 0 aromatic carbocycles. The second-order valence-corrected chi connectivity index (χ2v) is 6.35. The van der Waals surface area contributed by atoms with Crippen LogP contribution < -0.4 is 5.32 Å². The summed E-state index contributed by atoms with van der Waals surface area (Å²) in [4.78, 5) is 17.3. The van der Waals surface area contributed by atoms with Gasteiger partial charge in [0.25, 0.3) is 0 Å². The number of likely N-dealkylation sites (tertiary alicyclic amines) is 2. The molecule has 2 aliphatic heterocycles. The van der Waals surface area contributed by atoms with Crippen LogP contribution in [-0.2, 0) is 4.79 Å². The Labute approximate surface area is 116 Å². The molecule has 19 heavy (non-hydrogen) atoms. The van der Waals surface area contributed by atoms with Crippen molar-refractivity contribution in [3.8, 4) is 0 Å². The van der Waals surface area contributed by atoms with E-state index in [9.17, 15) is 4.79 Å². The molecule has 2 atom stereocenters. The average Bonchev–Trinajstić information content (AvgIpc) is 3.16. The molecule has 0 spiro atoms. The summed E-state index contributed by atoms with van der Waals surface area (Å²) in [6.07, 6.45) is 7.22. The highest BCUT2D eigenvalue weighted by Gasteiger charge is 2.39. The molecule has 0 bridgehead atoms. The van der Waals surface area contributed by atoms with E-state index < -0.39 is 0 Å². The first-order chi connectivity index (χ1) is 9.29. The zero-order valence-electron chi connectivity index (χ0n) is 12.1. The fraction of sp³-hybridized carbons (Fsp3) is 0.933. The summed E-state index contributed by atoms with van der Waals surface area (Å²) in [5.74, 6) is 0.363. The van der Waals surface area contributed by atoms with Crippen LogP contribution in [0.25, 0.3) is 0 Å². The van der Waals surface area contributed by atoms with E-state index >= 15 is 0 Å². The largest absolute Gasteiger partial charge is 0.337 e. The molecule has 1 amide bonds. The number of nitrogens with zero attached hydrogens (tertiary/aromatic N) is 2. The first-order valence-corrected chi connectivity index (χ1v) is 8.07. The molecule has 2 unspecified atom stereocenters. The van der Waals surface area contributed by atoms with Gasteiger partial charge in [-0.15, -0.1) is 0 Å². The van der Waals surface area contributed by atoms with Crippen LogP contribution in [-0.4, -0.2) is 60.0 Å². The molecular formula is C15H27N3O. The van der Waals surface area contributed by atoms with Gasteiger partial charge in [-0.3, -0.25) is 9.69 Å². The number of rotatable bonds is 5. The summed E-state index contributed by atoms with van der Waals surface area (Å²) in [7, 11) is 0. The maximum Gasteiger partial charge on any atom is 0.240 e. The Morgan fingerprint density at radius 2 is 2.00 bits per heavy atom. The SMILES string of the molecule is CCCNC1CCCN(C2CCN(C3CC3)C2)C1=O. The van der Waals surface area contributed by atoms with Crippen LogP contribution in [0.1, 0.15) is 45.4 Å². The zero-order chi connectivity index (χ0) is 13.2. The second kappa shape index (κ2) is 5.80. The Morgan fingerprint density at radius 3 is 2.74 bits per heavy atom. The van der Waals surface area contributed by atoms with Crippen molar-refractivity contribution < 1.29 is 4.79 Å². The lowest BCUT2D eigenvalue weighted by Crippen LogP contribution is -2.54. The monoisotopic (exact) mass is 265 g/mol. The topological polar surface area (TPSA) is 35.6 Å². The molecule has 1 aliphatic carbocycles. The van der Waals surface area contributed by atoms with Crippen molar-refractivity contribution in [2.45, 2.75) is 63.6 Å². The van der Waals surface area contributed by atoms with E-state index in [0.717, 1.165) is 44.9 Å². The fourth-order valence-electron chi connectivity index (χ4n) is 3.56. The van der Waals surface area contributed by atoms with Gasteiger partial charge in [-0.05, 0) is 45.1 Å². The third-order valence-electron chi connectivity index (χ3n) is 4.81. The minimum Gasteiger partial charge on any atom is -0.337 e. The van der Waals surface area contributed by atoms with Gasteiger partial charge in [0, 0.05) is 31.7 Å². The predicted octanol–water partition coefficient (Wildman–Crippen LogP) is 1.21. The van der Waals surface area contributed by atoms with E-state index in [0.29, 0.717) is 11.9 Å². The van der Waals surface area contributed by atoms with Crippen LogP contribution in [0.5, 0.6) is 0 Å². The van der Waals surface area contributed by atoms with Gasteiger partial charge in [0.2, 0.25) is 5.91 Å². The van der Waals surface area contributed by atoms with Gasteiger partial charge in [-0.2, -0.15) is 0 Å². The summed E-state index contributed by atoms with van der Waals surface area (Å²) >= 11 is 0. The van der Waals surface area contributed by atoms with Crippen molar-refractivity contribution in [1.29, 1.82) is 0 Å². The number of hydrogen-bond donors (Lipinski definition) is 1. The first-order valence-electron chi connectivity index (χ1n) is 8.07. The first kappa shape index (κ1) is 13.4. The summed E-state index contributed by atoms with van der Waals surface area (Å²) < 4.78 is 0. The summed E-state index contributed by atoms with van der Waals surface area (Å²) in [5, 5.41) is 3.42. The Kier molecular flexibility index (Phi) is 4.08. The van der Waals surface area contributed by atoms with Gasteiger partial charge in [-0.25, -0.2) is 0 Å². The molecule has 1 saturated carbocycles. The van der Waals surface area contributed by atoms with Gasteiger partial charge < -0.3 is 10.2 Å². The van der Waals surface area contributed by atoms with E-state index in [2.05, 4.69) is 22.0 Å². The van der Waals surface area contributed by atoms with Gasteiger partial charge in [0.1, 0.15) is 0 Å². The van der Waals surface area contributed by atoms with Crippen LogP contribution in [0.3, 0.4) is 0 Å². The summed E-state index contributed by atoms with van der Waals surface area (Å²) in [6, 6.07) is 1.42. The Bertz CT molecular complexity index is 329. The van der Waals surface area contributed by atoms with Crippen LogP contribution in [0, 0.1) is 0 Å². The number of carbonyl (C=O) groups is 1. The third-order valence-corrected chi connectivity index (χ3v) is 4.81. The van der Waals surface area contributed by atoms with Crippen molar-refractivity contribution in [3.63, 3.8) is 0 Å². The van der Waals surface area contributed by atoms with Gasteiger partial charge in [-0.1, -0.05) is 6.92 Å². The molecule has 3 rings (SSSR count). The average molecular weight is 265 g/mol. The second-order valence-electron chi connectivity index (χ2n) is 6.35. The molecule has 4 heteroatoms. The summed E-state index contributed by atoms with van der Waals surface area (Å²) in [5.41, 5.74) is 0. The Hall–Kier alpha value is -0.610. The highest BCUT2D eigenvalue weighted by molar-refractivity contribution is 5.83. The van der Waals surface area contributed by atoms with Gasteiger partial charge >= 0.3 is 0 Å². The van der Waals surface area contributed by atoms with Crippen molar-refractivity contribution in [3.05, 3.63) is 0 Å². The van der Waals surface area contributed by atoms with E-state index in [1.54, 1.807) is 0 Å². The number of amides is 1.